The van der Waals surface area contributed by atoms with Crippen molar-refractivity contribution in [1.29, 1.82) is 0 Å². The molecule has 6 nitrogen and oxygen atoms in total. The summed E-state index contributed by atoms with van der Waals surface area (Å²) < 4.78 is 0. The van der Waals surface area contributed by atoms with E-state index in [1.54, 1.807) is 14.0 Å². The molecule has 0 aromatic rings. The first kappa shape index (κ1) is 17.5. The average Bonchev–Trinajstić information content (AvgIpc) is 2.38. The number of guanidine groups is 1. The maximum atomic E-state index is 11.3. The number of piperazine rings is 1. The molecule has 1 saturated carbocycles. The monoisotopic (exact) mass is 396 g/mol. The van der Waals surface area contributed by atoms with Gasteiger partial charge in [0.1, 0.15) is 0 Å². The number of amides is 1. The Kier molecular flexibility index (Phi) is 6.50. The van der Waals surface area contributed by atoms with E-state index in [4.69, 9.17) is 0 Å². The molecule has 2 rings (SSSR count). The number of halogens is 1. The first-order valence-electron chi connectivity index (χ1n) is 6.97. The maximum Gasteiger partial charge on any atom is 0.219 e. The smallest absolute Gasteiger partial charge is 0.219 e. The molecule has 1 aliphatic heterocycles. The van der Waals surface area contributed by atoms with Crippen molar-refractivity contribution < 1.29 is 9.90 Å². The number of hydrogen-bond donors (Lipinski definition) is 2. The summed E-state index contributed by atoms with van der Waals surface area (Å²) in [5, 5.41) is 13.3. The van der Waals surface area contributed by atoms with Crippen LogP contribution in [0.3, 0.4) is 0 Å². The zero-order chi connectivity index (χ0) is 13.9. The fourth-order valence-electron chi connectivity index (χ4n) is 2.57. The summed E-state index contributed by atoms with van der Waals surface area (Å²) in [7, 11) is 1.75. The van der Waals surface area contributed by atoms with E-state index in [1.165, 1.54) is 0 Å². The highest BCUT2D eigenvalue weighted by atomic mass is 127. The number of aliphatic hydroxyl groups is 1. The Hall–Kier alpha value is -0.570. The molecule has 1 amide bonds. The third kappa shape index (κ3) is 4.21. The van der Waals surface area contributed by atoms with E-state index in [1.807, 2.05) is 4.90 Å². The Morgan fingerprint density at radius 2 is 1.80 bits per heavy atom. The molecular weight excluding hydrogens is 371 g/mol. The van der Waals surface area contributed by atoms with Crippen molar-refractivity contribution in [2.24, 2.45) is 4.99 Å². The molecule has 0 unspecified atom stereocenters. The lowest BCUT2D eigenvalue weighted by Crippen LogP contribution is -2.56. The molecule has 1 heterocycles. The van der Waals surface area contributed by atoms with Crippen LogP contribution in [0.4, 0.5) is 0 Å². The number of aliphatic imine (C=N–C) groups is 1. The van der Waals surface area contributed by atoms with Crippen LogP contribution in [0.15, 0.2) is 4.99 Å². The fraction of sp³-hybridized carbons (Fsp3) is 0.846. The van der Waals surface area contributed by atoms with Crippen LogP contribution in [0.25, 0.3) is 0 Å². The highest BCUT2D eigenvalue weighted by Crippen LogP contribution is 2.30. The van der Waals surface area contributed by atoms with Crippen LogP contribution in [0.1, 0.15) is 26.2 Å². The minimum absolute atomic E-state index is 0. The number of hydrogen-bond acceptors (Lipinski definition) is 3. The van der Waals surface area contributed by atoms with Gasteiger partial charge in [-0.1, -0.05) is 0 Å². The number of nitrogens with one attached hydrogen (secondary N) is 1. The first-order valence-corrected chi connectivity index (χ1v) is 6.97. The predicted molar refractivity (Wildman–Crippen MR) is 89.4 cm³/mol. The van der Waals surface area contributed by atoms with Crippen LogP contribution in [0.5, 0.6) is 0 Å². The zero-order valence-electron chi connectivity index (χ0n) is 12.3. The lowest BCUT2D eigenvalue weighted by molar-refractivity contribution is -0.130. The summed E-state index contributed by atoms with van der Waals surface area (Å²) in [6, 6.07) is 0. The molecule has 0 radical (unpaired) electrons. The van der Waals surface area contributed by atoms with Crippen molar-refractivity contribution in [3.63, 3.8) is 0 Å². The van der Waals surface area contributed by atoms with E-state index in [2.05, 4.69) is 15.2 Å². The molecule has 0 aromatic carbocycles. The van der Waals surface area contributed by atoms with Crippen LogP contribution in [0.2, 0.25) is 0 Å². The minimum Gasteiger partial charge on any atom is -0.388 e. The van der Waals surface area contributed by atoms with Gasteiger partial charge in [0.15, 0.2) is 5.96 Å². The van der Waals surface area contributed by atoms with Gasteiger partial charge in [0.05, 0.1) is 5.60 Å². The molecule has 0 aromatic heterocycles. The van der Waals surface area contributed by atoms with Gasteiger partial charge in [-0.3, -0.25) is 9.79 Å². The zero-order valence-corrected chi connectivity index (χ0v) is 14.6. The van der Waals surface area contributed by atoms with Gasteiger partial charge in [0.25, 0.3) is 0 Å². The van der Waals surface area contributed by atoms with Gasteiger partial charge < -0.3 is 20.2 Å². The average molecular weight is 396 g/mol. The number of rotatable bonds is 2. The Bertz CT molecular complexity index is 363. The summed E-state index contributed by atoms with van der Waals surface area (Å²) in [6.45, 7) is 5.22. The van der Waals surface area contributed by atoms with Gasteiger partial charge in [-0.2, -0.15) is 0 Å². The predicted octanol–water partition coefficient (Wildman–Crippen LogP) is 0.259. The van der Waals surface area contributed by atoms with Crippen LogP contribution >= 0.6 is 24.0 Å². The Morgan fingerprint density at radius 3 is 2.20 bits per heavy atom. The van der Waals surface area contributed by atoms with Crippen molar-refractivity contribution >= 4 is 35.8 Å². The SMILES string of the molecule is CN=C(NCC1(O)CCC1)N1CCN(C(C)=O)CC1.I. The first-order chi connectivity index (χ1) is 9.04. The lowest BCUT2D eigenvalue weighted by Gasteiger charge is -2.40. The van der Waals surface area contributed by atoms with Gasteiger partial charge >= 0.3 is 0 Å². The second-order valence-corrected chi connectivity index (χ2v) is 5.47. The summed E-state index contributed by atoms with van der Waals surface area (Å²) in [5.74, 6) is 0.954. The van der Waals surface area contributed by atoms with Gasteiger partial charge in [-0.05, 0) is 19.3 Å². The third-order valence-corrected chi connectivity index (χ3v) is 4.10. The maximum absolute atomic E-state index is 11.3. The van der Waals surface area contributed by atoms with Crippen LogP contribution < -0.4 is 5.32 Å². The standard InChI is InChI=1S/C13H24N4O2.HI/c1-11(18)16-6-8-17(9-7-16)12(14-2)15-10-13(19)4-3-5-13;/h19H,3-10H2,1-2H3,(H,14,15);1H. The van der Waals surface area contributed by atoms with E-state index >= 15 is 0 Å². The molecular formula is C13H25IN4O2. The number of carbonyl (C=O) groups is 1. The second kappa shape index (κ2) is 7.44. The quantitative estimate of drug-likeness (QED) is 0.399. The normalized spacial score (nSPS) is 21.9. The van der Waals surface area contributed by atoms with E-state index < -0.39 is 5.60 Å². The molecule has 1 aliphatic carbocycles. The molecule has 0 atom stereocenters. The highest BCUT2D eigenvalue weighted by molar-refractivity contribution is 14.0. The molecule has 7 heteroatoms. The van der Waals surface area contributed by atoms with Crippen molar-refractivity contribution in [2.45, 2.75) is 31.8 Å². The van der Waals surface area contributed by atoms with E-state index in [0.717, 1.165) is 51.4 Å². The van der Waals surface area contributed by atoms with Gasteiger partial charge in [0.2, 0.25) is 5.91 Å². The highest BCUT2D eigenvalue weighted by Gasteiger charge is 2.34. The summed E-state index contributed by atoms with van der Waals surface area (Å²) >= 11 is 0. The minimum atomic E-state index is -0.544. The Labute approximate surface area is 137 Å². The Morgan fingerprint density at radius 1 is 1.25 bits per heavy atom. The van der Waals surface area contributed by atoms with Gasteiger partial charge in [0, 0.05) is 46.7 Å². The van der Waals surface area contributed by atoms with Crippen LogP contribution in [0, 0.1) is 0 Å². The second-order valence-electron chi connectivity index (χ2n) is 5.47. The molecule has 116 valence electrons. The van der Waals surface area contributed by atoms with Crippen LogP contribution in [-0.4, -0.2) is 72.1 Å². The molecule has 0 bridgehead atoms. The molecule has 1 saturated heterocycles. The van der Waals surface area contributed by atoms with E-state index in [9.17, 15) is 9.90 Å². The van der Waals surface area contributed by atoms with Crippen molar-refractivity contribution in [2.75, 3.05) is 39.8 Å². The summed E-state index contributed by atoms with van der Waals surface area (Å²) in [5.41, 5.74) is -0.544. The third-order valence-electron chi connectivity index (χ3n) is 4.10. The largest absolute Gasteiger partial charge is 0.388 e. The number of nitrogens with zero attached hydrogens (tertiary/aromatic N) is 3. The van der Waals surface area contributed by atoms with E-state index in [0.29, 0.717) is 6.54 Å². The Balaban J connectivity index is 0.00000200. The lowest BCUT2D eigenvalue weighted by atomic mass is 9.80. The summed E-state index contributed by atoms with van der Waals surface area (Å²) in [6.07, 6.45) is 2.85. The summed E-state index contributed by atoms with van der Waals surface area (Å²) in [4.78, 5) is 19.5. The molecule has 0 spiro atoms. The van der Waals surface area contributed by atoms with Gasteiger partial charge in [-0.25, -0.2) is 0 Å². The molecule has 2 aliphatic rings. The fourth-order valence-corrected chi connectivity index (χ4v) is 2.57. The van der Waals surface area contributed by atoms with Crippen molar-refractivity contribution in [3.05, 3.63) is 0 Å². The topological polar surface area (TPSA) is 68.2 Å². The van der Waals surface area contributed by atoms with Crippen molar-refractivity contribution in [1.82, 2.24) is 15.1 Å². The molecule has 2 fully saturated rings. The molecule has 2 N–H and O–H groups in total. The van der Waals surface area contributed by atoms with Crippen molar-refractivity contribution in [3.8, 4) is 0 Å². The van der Waals surface area contributed by atoms with Gasteiger partial charge in [-0.15, -0.1) is 24.0 Å². The molecule has 20 heavy (non-hydrogen) atoms. The van der Waals surface area contributed by atoms with E-state index in [-0.39, 0.29) is 29.9 Å². The number of carbonyl (C=O) groups excluding carboxylic acids is 1. The van der Waals surface area contributed by atoms with Crippen LogP contribution in [-0.2, 0) is 4.79 Å².